The minimum Gasteiger partial charge on any atom is -0.497 e. The lowest BCUT2D eigenvalue weighted by Crippen LogP contribution is -2.18. The molecule has 1 unspecified atom stereocenters. The third-order valence-corrected chi connectivity index (χ3v) is 3.44. The molecule has 0 aromatic heterocycles. The summed E-state index contributed by atoms with van der Waals surface area (Å²) >= 11 is 0. The number of hydrogen-bond donors (Lipinski definition) is 2. The van der Waals surface area contributed by atoms with Crippen LogP contribution in [-0.4, -0.2) is 13.0 Å². The third kappa shape index (κ3) is 4.07. The van der Waals surface area contributed by atoms with Gasteiger partial charge in [-0.3, -0.25) is 4.79 Å². The van der Waals surface area contributed by atoms with E-state index in [0.29, 0.717) is 12.1 Å². The number of methoxy groups -OCH3 is 1. The first kappa shape index (κ1) is 15.1. The van der Waals surface area contributed by atoms with Gasteiger partial charge in [-0.05, 0) is 42.3 Å². The normalized spacial score (nSPS) is 11.9. The zero-order valence-corrected chi connectivity index (χ0v) is 12.3. The van der Waals surface area contributed by atoms with E-state index in [1.165, 1.54) is 5.56 Å². The number of rotatable bonds is 6. The molecule has 0 aliphatic heterocycles. The summed E-state index contributed by atoms with van der Waals surface area (Å²) in [6.07, 6.45) is 0. The molecule has 21 heavy (non-hydrogen) atoms. The molecule has 110 valence electrons. The molecule has 0 aliphatic carbocycles. The van der Waals surface area contributed by atoms with Gasteiger partial charge in [-0.15, -0.1) is 0 Å². The van der Waals surface area contributed by atoms with Gasteiger partial charge in [0, 0.05) is 18.2 Å². The second-order valence-corrected chi connectivity index (χ2v) is 4.94. The van der Waals surface area contributed by atoms with Gasteiger partial charge in [0.1, 0.15) is 5.75 Å². The Morgan fingerprint density at radius 1 is 1.24 bits per heavy atom. The number of nitrogens with one attached hydrogen (secondary N) is 1. The average Bonchev–Trinajstić information content (AvgIpc) is 2.53. The van der Waals surface area contributed by atoms with Gasteiger partial charge in [-0.2, -0.15) is 0 Å². The Morgan fingerprint density at radius 3 is 2.57 bits per heavy atom. The molecule has 4 nitrogen and oxygen atoms in total. The van der Waals surface area contributed by atoms with E-state index >= 15 is 0 Å². The van der Waals surface area contributed by atoms with Crippen LogP contribution >= 0.6 is 0 Å². The van der Waals surface area contributed by atoms with Crippen molar-refractivity contribution in [1.29, 1.82) is 0 Å². The number of ether oxygens (including phenoxy) is 1. The van der Waals surface area contributed by atoms with Crippen LogP contribution in [0.3, 0.4) is 0 Å². The Kier molecular flexibility index (Phi) is 4.95. The van der Waals surface area contributed by atoms with Crippen LogP contribution in [-0.2, 0) is 6.54 Å². The van der Waals surface area contributed by atoms with Crippen LogP contribution in [0.2, 0.25) is 0 Å². The number of benzene rings is 2. The largest absolute Gasteiger partial charge is 0.497 e. The van der Waals surface area contributed by atoms with Gasteiger partial charge in [0.15, 0.2) is 0 Å². The fourth-order valence-electron chi connectivity index (χ4n) is 2.12. The third-order valence-electron chi connectivity index (χ3n) is 3.44. The van der Waals surface area contributed by atoms with Crippen molar-refractivity contribution in [3.63, 3.8) is 0 Å². The lowest BCUT2D eigenvalue weighted by Gasteiger charge is -2.15. The molecule has 3 N–H and O–H groups in total. The monoisotopic (exact) mass is 284 g/mol. The maximum absolute atomic E-state index is 11.2. The first-order valence-corrected chi connectivity index (χ1v) is 6.86. The van der Waals surface area contributed by atoms with E-state index in [1.807, 2.05) is 42.5 Å². The Bertz CT molecular complexity index is 608. The molecule has 0 spiro atoms. The summed E-state index contributed by atoms with van der Waals surface area (Å²) in [7, 11) is 1.66. The number of hydrogen-bond acceptors (Lipinski definition) is 3. The summed E-state index contributed by atoms with van der Waals surface area (Å²) in [5.41, 5.74) is 8.04. The molecule has 0 saturated carbocycles. The van der Waals surface area contributed by atoms with Crippen LogP contribution in [0.5, 0.6) is 5.75 Å². The predicted octanol–water partition coefficient (Wildman–Crippen LogP) is 2.64. The fourth-order valence-corrected chi connectivity index (χ4v) is 2.12. The fraction of sp³-hybridized carbons (Fsp3) is 0.235. The summed E-state index contributed by atoms with van der Waals surface area (Å²) in [6.45, 7) is 2.77. The topological polar surface area (TPSA) is 64.3 Å². The van der Waals surface area contributed by atoms with Crippen molar-refractivity contribution >= 4 is 5.91 Å². The molecule has 0 bridgehead atoms. The summed E-state index contributed by atoms with van der Waals surface area (Å²) in [4.78, 5) is 11.2. The van der Waals surface area contributed by atoms with E-state index in [1.54, 1.807) is 13.2 Å². The minimum atomic E-state index is -0.403. The molecule has 2 aromatic rings. The first-order chi connectivity index (χ1) is 10.1. The van der Waals surface area contributed by atoms with E-state index in [-0.39, 0.29) is 6.04 Å². The quantitative estimate of drug-likeness (QED) is 0.857. The van der Waals surface area contributed by atoms with Crippen LogP contribution in [0.25, 0.3) is 0 Å². The van der Waals surface area contributed by atoms with Crippen molar-refractivity contribution in [2.24, 2.45) is 5.73 Å². The van der Waals surface area contributed by atoms with Crippen molar-refractivity contribution in [2.45, 2.75) is 19.5 Å². The van der Waals surface area contributed by atoms with Crippen LogP contribution in [0.4, 0.5) is 0 Å². The highest BCUT2D eigenvalue weighted by molar-refractivity contribution is 5.92. The maximum atomic E-state index is 11.2. The van der Waals surface area contributed by atoms with Crippen molar-refractivity contribution in [3.05, 3.63) is 65.2 Å². The molecule has 0 fully saturated rings. The lowest BCUT2D eigenvalue weighted by atomic mass is 10.1. The van der Waals surface area contributed by atoms with Gasteiger partial charge >= 0.3 is 0 Å². The zero-order chi connectivity index (χ0) is 15.2. The highest BCUT2D eigenvalue weighted by Crippen LogP contribution is 2.17. The van der Waals surface area contributed by atoms with Crippen LogP contribution in [0.1, 0.15) is 34.5 Å². The highest BCUT2D eigenvalue weighted by Gasteiger charge is 2.06. The van der Waals surface area contributed by atoms with Gasteiger partial charge in [0.2, 0.25) is 5.91 Å². The molecule has 2 aromatic carbocycles. The molecular weight excluding hydrogens is 264 g/mol. The molecule has 2 rings (SSSR count). The second-order valence-electron chi connectivity index (χ2n) is 4.94. The van der Waals surface area contributed by atoms with E-state index in [4.69, 9.17) is 10.5 Å². The number of nitrogens with two attached hydrogens (primary N) is 1. The van der Waals surface area contributed by atoms with Gasteiger partial charge < -0.3 is 15.8 Å². The highest BCUT2D eigenvalue weighted by atomic mass is 16.5. The Balaban J connectivity index is 1.98. The summed E-state index contributed by atoms with van der Waals surface area (Å²) in [5, 5.41) is 3.43. The number of carbonyl (C=O) groups excluding carboxylic acids is 1. The van der Waals surface area contributed by atoms with E-state index in [9.17, 15) is 4.79 Å². The average molecular weight is 284 g/mol. The molecule has 1 atom stereocenters. The smallest absolute Gasteiger partial charge is 0.248 e. The SMILES string of the molecule is COc1ccc(C(C)NCc2cccc(C(N)=O)c2)cc1. The first-order valence-electron chi connectivity index (χ1n) is 6.86. The van der Waals surface area contributed by atoms with Gasteiger partial charge in [0.05, 0.1) is 7.11 Å². The Morgan fingerprint density at radius 2 is 1.95 bits per heavy atom. The van der Waals surface area contributed by atoms with Crippen LogP contribution in [0, 0.1) is 0 Å². The minimum absolute atomic E-state index is 0.202. The van der Waals surface area contributed by atoms with Crippen LogP contribution in [0.15, 0.2) is 48.5 Å². The summed E-state index contributed by atoms with van der Waals surface area (Å²) in [6, 6.07) is 15.5. The number of carbonyl (C=O) groups is 1. The number of amides is 1. The Hall–Kier alpha value is -2.33. The van der Waals surface area contributed by atoms with Crippen molar-refractivity contribution in [1.82, 2.24) is 5.32 Å². The van der Waals surface area contributed by atoms with E-state index in [2.05, 4.69) is 12.2 Å². The maximum Gasteiger partial charge on any atom is 0.248 e. The molecule has 0 aliphatic rings. The summed E-state index contributed by atoms with van der Waals surface area (Å²) in [5.74, 6) is 0.445. The van der Waals surface area contributed by atoms with Crippen molar-refractivity contribution < 1.29 is 9.53 Å². The molecule has 0 heterocycles. The predicted molar refractivity (Wildman–Crippen MR) is 83.2 cm³/mol. The van der Waals surface area contributed by atoms with E-state index in [0.717, 1.165) is 11.3 Å². The Labute approximate surface area is 124 Å². The lowest BCUT2D eigenvalue weighted by molar-refractivity contribution is 0.1000. The van der Waals surface area contributed by atoms with Gasteiger partial charge in [-0.25, -0.2) is 0 Å². The van der Waals surface area contributed by atoms with E-state index < -0.39 is 5.91 Å². The molecular formula is C17H20N2O2. The molecule has 4 heteroatoms. The van der Waals surface area contributed by atoms with Gasteiger partial charge in [0.25, 0.3) is 0 Å². The van der Waals surface area contributed by atoms with Crippen LogP contribution < -0.4 is 15.8 Å². The number of primary amides is 1. The zero-order valence-electron chi connectivity index (χ0n) is 12.3. The molecule has 0 saturated heterocycles. The van der Waals surface area contributed by atoms with Gasteiger partial charge in [-0.1, -0.05) is 24.3 Å². The van der Waals surface area contributed by atoms with Crippen molar-refractivity contribution in [2.75, 3.05) is 7.11 Å². The van der Waals surface area contributed by atoms with Crippen molar-refractivity contribution in [3.8, 4) is 5.75 Å². The molecule has 1 amide bonds. The molecule has 0 radical (unpaired) electrons. The summed E-state index contributed by atoms with van der Waals surface area (Å²) < 4.78 is 5.15. The second kappa shape index (κ2) is 6.90. The standard InChI is InChI=1S/C17H20N2O2/c1-12(14-6-8-16(21-2)9-7-14)19-11-13-4-3-5-15(10-13)17(18)20/h3-10,12,19H,11H2,1-2H3,(H2,18,20).